The number of hydrogen-bond donors (Lipinski definition) is 2. The van der Waals surface area contributed by atoms with Crippen molar-refractivity contribution in [1.82, 2.24) is 0 Å². The summed E-state index contributed by atoms with van der Waals surface area (Å²) < 4.78 is 24.3. The van der Waals surface area contributed by atoms with E-state index in [0.717, 1.165) is 11.3 Å². The predicted molar refractivity (Wildman–Crippen MR) is 56.1 cm³/mol. The van der Waals surface area contributed by atoms with Gasteiger partial charge >= 0.3 is 0 Å². The van der Waals surface area contributed by atoms with Gasteiger partial charge in [0.25, 0.3) is 5.91 Å². The van der Waals surface area contributed by atoms with Crippen molar-refractivity contribution in [1.29, 1.82) is 0 Å². The minimum atomic E-state index is -3.58. The van der Waals surface area contributed by atoms with Crippen molar-refractivity contribution in [2.24, 2.45) is 5.73 Å². The Hall–Kier alpha value is -0.790. The van der Waals surface area contributed by atoms with Crippen LogP contribution < -0.4 is 10.5 Å². The lowest BCUT2D eigenvalue weighted by Crippen LogP contribution is -2.17. The predicted octanol–water partition coefficient (Wildman–Crippen LogP) is 0.785. The van der Waals surface area contributed by atoms with E-state index in [0.29, 0.717) is 0 Å². The molecule has 14 heavy (non-hydrogen) atoms. The standard InChI is InChI=1S/C6H7ClN2O3S2/c7-3-14(11,12)9-6-4(5(8)10)1-2-13-6/h1-2,9H,3H2,(H2,8,10). The van der Waals surface area contributed by atoms with Crippen LogP contribution in [0, 0.1) is 0 Å². The molecule has 5 nitrogen and oxygen atoms in total. The van der Waals surface area contributed by atoms with Crippen LogP contribution in [0.4, 0.5) is 5.00 Å². The fraction of sp³-hybridized carbons (Fsp3) is 0.167. The van der Waals surface area contributed by atoms with E-state index in [-0.39, 0.29) is 10.6 Å². The van der Waals surface area contributed by atoms with Crippen LogP contribution in [0.5, 0.6) is 0 Å². The second-order valence-electron chi connectivity index (χ2n) is 2.35. The molecular formula is C6H7ClN2O3S2. The smallest absolute Gasteiger partial charge is 0.251 e. The van der Waals surface area contributed by atoms with Crippen molar-refractivity contribution in [2.75, 3.05) is 9.93 Å². The number of halogens is 1. The van der Waals surface area contributed by atoms with Crippen LogP contribution in [0.3, 0.4) is 0 Å². The van der Waals surface area contributed by atoms with E-state index in [1.54, 1.807) is 5.38 Å². The van der Waals surface area contributed by atoms with Crippen molar-refractivity contribution in [3.63, 3.8) is 0 Å². The van der Waals surface area contributed by atoms with Gasteiger partial charge in [-0.05, 0) is 11.4 Å². The first kappa shape index (κ1) is 11.3. The third-order valence-electron chi connectivity index (χ3n) is 1.32. The number of carbonyl (C=O) groups excluding carboxylic acids is 1. The molecule has 1 heterocycles. The van der Waals surface area contributed by atoms with Crippen LogP contribution in [0.15, 0.2) is 11.4 Å². The molecule has 1 aromatic rings. The molecule has 0 bridgehead atoms. The highest BCUT2D eigenvalue weighted by Crippen LogP contribution is 2.23. The van der Waals surface area contributed by atoms with Crippen LogP contribution in [-0.2, 0) is 10.0 Å². The number of nitrogens with two attached hydrogens (primary N) is 1. The van der Waals surface area contributed by atoms with E-state index in [9.17, 15) is 13.2 Å². The van der Waals surface area contributed by atoms with Gasteiger partial charge in [0.15, 0.2) is 0 Å². The number of amides is 1. The average Bonchev–Trinajstić information content (AvgIpc) is 2.51. The lowest BCUT2D eigenvalue weighted by Gasteiger charge is -2.03. The Morgan fingerprint density at radius 3 is 2.79 bits per heavy atom. The summed E-state index contributed by atoms with van der Waals surface area (Å²) in [5, 5.41) is 1.19. The fourth-order valence-corrected chi connectivity index (χ4v) is 2.57. The first-order chi connectivity index (χ1) is 6.46. The van der Waals surface area contributed by atoms with Crippen molar-refractivity contribution in [3.8, 4) is 0 Å². The van der Waals surface area contributed by atoms with E-state index in [4.69, 9.17) is 17.3 Å². The first-order valence-corrected chi connectivity index (χ1v) is 6.46. The zero-order valence-corrected chi connectivity index (χ0v) is 9.25. The van der Waals surface area contributed by atoms with Gasteiger partial charge in [-0.2, -0.15) is 0 Å². The Kier molecular flexibility index (Phi) is 3.35. The molecular weight excluding hydrogens is 248 g/mol. The number of alkyl halides is 1. The van der Waals surface area contributed by atoms with Gasteiger partial charge in [0, 0.05) is 0 Å². The van der Waals surface area contributed by atoms with E-state index < -0.39 is 21.1 Å². The molecule has 1 rings (SSSR count). The van der Waals surface area contributed by atoms with Crippen molar-refractivity contribution < 1.29 is 13.2 Å². The van der Waals surface area contributed by atoms with E-state index in [1.807, 2.05) is 0 Å². The van der Waals surface area contributed by atoms with Gasteiger partial charge in [-0.15, -0.1) is 22.9 Å². The number of nitrogens with one attached hydrogen (secondary N) is 1. The van der Waals surface area contributed by atoms with Gasteiger partial charge in [-0.3, -0.25) is 9.52 Å². The van der Waals surface area contributed by atoms with Crippen LogP contribution in [0.1, 0.15) is 10.4 Å². The largest absolute Gasteiger partial charge is 0.366 e. The van der Waals surface area contributed by atoms with Crippen LogP contribution in [0.2, 0.25) is 0 Å². The normalized spacial score (nSPS) is 11.2. The summed E-state index contributed by atoms with van der Waals surface area (Å²) in [7, 11) is -3.58. The van der Waals surface area contributed by atoms with Crippen molar-refractivity contribution in [3.05, 3.63) is 17.0 Å². The molecule has 78 valence electrons. The maximum atomic E-state index is 11.1. The van der Waals surface area contributed by atoms with Crippen molar-refractivity contribution in [2.45, 2.75) is 0 Å². The summed E-state index contributed by atoms with van der Waals surface area (Å²) in [4.78, 5) is 10.8. The van der Waals surface area contributed by atoms with E-state index in [2.05, 4.69) is 4.72 Å². The lowest BCUT2D eigenvalue weighted by molar-refractivity contribution is 0.100. The van der Waals surface area contributed by atoms with E-state index in [1.165, 1.54) is 6.07 Å². The topological polar surface area (TPSA) is 89.3 Å². The third kappa shape index (κ3) is 2.60. The molecule has 8 heteroatoms. The molecule has 0 fully saturated rings. The zero-order chi connectivity index (χ0) is 10.8. The quantitative estimate of drug-likeness (QED) is 0.779. The monoisotopic (exact) mass is 254 g/mol. The molecule has 0 spiro atoms. The number of rotatable bonds is 4. The summed E-state index contributed by atoms with van der Waals surface area (Å²) in [5.41, 5.74) is 5.16. The number of primary amides is 1. The van der Waals surface area contributed by atoms with Crippen LogP contribution in [0.25, 0.3) is 0 Å². The fourth-order valence-electron chi connectivity index (χ4n) is 0.751. The Labute approximate surface area is 89.9 Å². The second kappa shape index (κ2) is 4.16. The number of carbonyl (C=O) groups is 1. The van der Waals surface area contributed by atoms with Gasteiger partial charge < -0.3 is 5.73 Å². The van der Waals surface area contributed by atoms with Gasteiger partial charge in [-0.1, -0.05) is 0 Å². The molecule has 0 saturated heterocycles. The van der Waals surface area contributed by atoms with Crippen LogP contribution >= 0.6 is 22.9 Å². The summed E-state index contributed by atoms with van der Waals surface area (Å²) in [6.45, 7) is 0. The molecule has 0 radical (unpaired) electrons. The average molecular weight is 255 g/mol. The Morgan fingerprint density at radius 1 is 1.64 bits per heavy atom. The number of thiophene rings is 1. The maximum Gasteiger partial charge on any atom is 0.251 e. The molecule has 0 aliphatic heterocycles. The number of anilines is 1. The lowest BCUT2D eigenvalue weighted by atomic mass is 10.3. The maximum absolute atomic E-state index is 11.1. The zero-order valence-electron chi connectivity index (χ0n) is 6.86. The number of hydrogen-bond acceptors (Lipinski definition) is 4. The highest BCUT2D eigenvalue weighted by atomic mass is 35.5. The minimum Gasteiger partial charge on any atom is -0.366 e. The van der Waals surface area contributed by atoms with E-state index >= 15 is 0 Å². The Morgan fingerprint density at radius 2 is 2.29 bits per heavy atom. The summed E-state index contributed by atoms with van der Waals surface area (Å²) >= 11 is 6.25. The molecule has 0 saturated carbocycles. The molecule has 0 aliphatic carbocycles. The van der Waals surface area contributed by atoms with Gasteiger partial charge in [0.05, 0.1) is 5.56 Å². The third-order valence-corrected chi connectivity index (χ3v) is 3.95. The molecule has 0 aromatic carbocycles. The summed E-state index contributed by atoms with van der Waals surface area (Å²) in [6.07, 6.45) is 0. The molecule has 1 amide bonds. The molecule has 0 aliphatic rings. The highest BCUT2D eigenvalue weighted by molar-refractivity contribution is 7.94. The molecule has 3 N–H and O–H groups in total. The Bertz CT molecular complexity index is 440. The van der Waals surface area contributed by atoms with Gasteiger partial charge in [0.1, 0.15) is 10.2 Å². The molecule has 0 atom stereocenters. The second-order valence-corrected chi connectivity index (χ2v) is 5.58. The first-order valence-electron chi connectivity index (χ1n) is 3.40. The van der Waals surface area contributed by atoms with Gasteiger partial charge in [0.2, 0.25) is 10.0 Å². The van der Waals surface area contributed by atoms with Crippen molar-refractivity contribution >= 4 is 43.9 Å². The summed E-state index contributed by atoms with van der Waals surface area (Å²) in [6, 6.07) is 1.44. The molecule has 1 aromatic heterocycles. The molecule has 0 unspecified atom stereocenters. The van der Waals surface area contributed by atoms with Gasteiger partial charge in [-0.25, -0.2) is 8.42 Å². The highest BCUT2D eigenvalue weighted by Gasteiger charge is 2.15. The Balaban J connectivity index is 2.98. The summed E-state index contributed by atoms with van der Waals surface area (Å²) in [5.74, 6) is -0.682. The SMILES string of the molecule is NC(=O)c1ccsc1NS(=O)(=O)CCl. The van der Waals surface area contributed by atoms with Crippen LogP contribution in [-0.4, -0.2) is 19.5 Å². The number of sulfonamides is 1. The minimum absolute atomic E-state index is 0.142.